The first-order valence-electron chi connectivity index (χ1n) is 8.06. The zero-order chi connectivity index (χ0) is 18.0. The maximum absolute atomic E-state index is 11.4. The fraction of sp³-hybridized carbons (Fsp3) is 0.211. The summed E-state index contributed by atoms with van der Waals surface area (Å²) in [6, 6.07) is 12.1. The molecule has 0 fully saturated rings. The maximum atomic E-state index is 11.4. The summed E-state index contributed by atoms with van der Waals surface area (Å²) < 4.78 is 0. The molecule has 0 bridgehead atoms. The van der Waals surface area contributed by atoms with Gasteiger partial charge in [0.1, 0.15) is 0 Å². The van der Waals surface area contributed by atoms with Crippen LogP contribution in [-0.4, -0.2) is 21.0 Å². The van der Waals surface area contributed by atoms with Gasteiger partial charge in [-0.1, -0.05) is 37.3 Å². The molecule has 0 saturated carbocycles. The van der Waals surface area contributed by atoms with Crippen molar-refractivity contribution in [3.05, 3.63) is 75.5 Å². The number of fused-ring (bicyclic) bond motifs is 1. The molecule has 3 aromatic rings. The van der Waals surface area contributed by atoms with E-state index in [2.05, 4.69) is 11.9 Å². The fourth-order valence-electron chi connectivity index (χ4n) is 3.26. The molecule has 0 amide bonds. The molecule has 0 unspecified atom stereocenters. The van der Waals surface area contributed by atoms with Gasteiger partial charge in [-0.2, -0.15) is 0 Å². The van der Waals surface area contributed by atoms with Crippen molar-refractivity contribution in [3.63, 3.8) is 0 Å². The van der Waals surface area contributed by atoms with Crippen LogP contribution in [0.4, 0.5) is 5.69 Å². The smallest absolute Gasteiger partial charge is 0.304 e. The van der Waals surface area contributed by atoms with Crippen LogP contribution < -0.4 is 0 Å². The number of aryl methyl sites for hydroxylation is 1. The molecule has 25 heavy (non-hydrogen) atoms. The number of carboxylic acids is 1. The Bertz CT molecular complexity index is 946. The molecule has 2 N–H and O–H groups in total. The molecule has 0 aliphatic heterocycles. The molecule has 1 atom stereocenters. The van der Waals surface area contributed by atoms with Gasteiger partial charge in [0.15, 0.2) is 0 Å². The molecular weight excluding hydrogens is 320 g/mol. The van der Waals surface area contributed by atoms with E-state index in [1.165, 1.54) is 12.1 Å². The first-order chi connectivity index (χ1) is 12.0. The third-order valence-corrected chi connectivity index (χ3v) is 4.45. The summed E-state index contributed by atoms with van der Waals surface area (Å²) in [5, 5.41) is 21.4. The molecular formula is C19H18N2O4. The molecule has 1 heterocycles. The number of nitrogens with one attached hydrogen (secondary N) is 1. The number of benzene rings is 2. The fourth-order valence-corrected chi connectivity index (χ4v) is 3.26. The molecule has 2 aromatic carbocycles. The van der Waals surface area contributed by atoms with Crippen LogP contribution in [0.2, 0.25) is 0 Å². The van der Waals surface area contributed by atoms with Crippen molar-refractivity contribution in [2.45, 2.75) is 25.7 Å². The Labute approximate surface area is 144 Å². The summed E-state index contributed by atoms with van der Waals surface area (Å²) in [6.45, 7) is 2.06. The van der Waals surface area contributed by atoms with Gasteiger partial charge in [0.05, 0.1) is 11.3 Å². The van der Waals surface area contributed by atoms with Gasteiger partial charge in [0.2, 0.25) is 0 Å². The van der Waals surface area contributed by atoms with Crippen LogP contribution in [0.25, 0.3) is 10.9 Å². The predicted molar refractivity (Wildman–Crippen MR) is 94.9 cm³/mol. The summed E-state index contributed by atoms with van der Waals surface area (Å²) in [4.78, 5) is 25.3. The van der Waals surface area contributed by atoms with Gasteiger partial charge in [-0.05, 0) is 23.1 Å². The quantitative estimate of drug-likeness (QED) is 0.519. The van der Waals surface area contributed by atoms with Crippen LogP contribution in [0.3, 0.4) is 0 Å². The van der Waals surface area contributed by atoms with Gasteiger partial charge in [-0.3, -0.25) is 14.9 Å². The topological polar surface area (TPSA) is 96.2 Å². The van der Waals surface area contributed by atoms with Gasteiger partial charge in [0.25, 0.3) is 5.69 Å². The van der Waals surface area contributed by atoms with Gasteiger partial charge >= 0.3 is 5.97 Å². The minimum Gasteiger partial charge on any atom is -0.481 e. The van der Waals surface area contributed by atoms with Gasteiger partial charge in [-0.15, -0.1) is 0 Å². The zero-order valence-corrected chi connectivity index (χ0v) is 13.7. The minimum atomic E-state index is -0.947. The van der Waals surface area contributed by atoms with E-state index >= 15 is 0 Å². The van der Waals surface area contributed by atoms with Crippen molar-refractivity contribution < 1.29 is 14.8 Å². The van der Waals surface area contributed by atoms with Crippen molar-refractivity contribution in [1.29, 1.82) is 0 Å². The number of carbonyl (C=O) groups is 1. The van der Waals surface area contributed by atoms with Crippen LogP contribution in [0, 0.1) is 10.1 Å². The lowest BCUT2D eigenvalue weighted by Crippen LogP contribution is -2.08. The number of hydrogen-bond donors (Lipinski definition) is 2. The van der Waals surface area contributed by atoms with Gasteiger partial charge in [0, 0.05) is 35.2 Å². The number of H-pyrrole nitrogens is 1. The Hall–Kier alpha value is -3.15. The molecule has 0 aliphatic rings. The highest BCUT2D eigenvalue weighted by molar-refractivity contribution is 5.87. The van der Waals surface area contributed by atoms with Crippen LogP contribution >= 0.6 is 0 Å². The molecule has 6 heteroatoms. The lowest BCUT2D eigenvalue weighted by atomic mass is 9.87. The first kappa shape index (κ1) is 16.7. The Morgan fingerprint density at radius 3 is 2.72 bits per heavy atom. The summed E-state index contributed by atoms with van der Waals surface area (Å²) in [7, 11) is 0. The number of hydrogen-bond acceptors (Lipinski definition) is 3. The van der Waals surface area contributed by atoms with Crippen LogP contribution in [-0.2, 0) is 11.2 Å². The number of rotatable bonds is 6. The summed E-state index contributed by atoms with van der Waals surface area (Å²) in [6.07, 6.45) is 2.54. The number of nitro groups is 1. The third-order valence-electron chi connectivity index (χ3n) is 4.45. The number of carboxylic acid groups (broad SMARTS) is 1. The van der Waals surface area contributed by atoms with Gasteiger partial charge < -0.3 is 10.1 Å². The zero-order valence-electron chi connectivity index (χ0n) is 13.7. The molecule has 1 aromatic heterocycles. The SMILES string of the molecule is CCc1cccc2c([C@H](CC(=O)O)c3cccc([N+](=O)[O-])c3)c[nH]c12. The lowest BCUT2D eigenvalue weighted by molar-refractivity contribution is -0.384. The van der Waals surface area contributed by atoms with Gasteiger partial charge in [-0.25, -0.2) is 0 Å². The highest BCUT2D eigenvalue weighted by Crippen LogP contribution is 2.35. The maximum Gasteiger partial charge on any atom is 0.304 e. The van der Waals surface area contributed by atoms with E-state index in [0.29, 0.717) is 5.56 Å². The Morgan fingerprint density at radius 2 is 2.04 bits per heavy atom. The molecule has 6 nitrogen and oxygen atoms in total. The summed E-state index contributed by atoms with van der Waals surface area (Å²) >= 11 is 0. The van der Waals surface area contributed by atoms with Crippen molar-refractivity contribution in [2.24, 2.45) is 0 Å². The van der Waals surface area contributed by atoms with Crippen molar-refractivity contribution in [1.82, 2.24) is 4.98 Å². The summed E-state index contributed by atoms with van der Waals surface area (Å²) in [5.74, 6) is -1.41. The van der Waals surface area contributed by atoms with E-state index in [-0.39, 0.29) is 12.1 Å². The number of aromatic nitrogens is 1. The molecule has 3 rings (SSSR count). The number of nitrogens with zero attached hydrogens (tertiary/aromatic N) is 1. The molecule has 0 aliphatic carbocycles. The van der Waals surface area contributed by atoms with Crippen molar-refractivity contribution >= 4 is 22.6 Å². The molecule has 128 valence electrons. The number of non-ortho nitro benzene ring substituents is 1. The predicted octanol–water partition coefficient (Wildman–Crippen LogP) is 4.25. The minimum absolute atomic E-state index is 0.0398. The van der Waals surface area contributed by atoms with Crippen LogP contribution in [0.15, 0.2) is 48.7 Å². The standard InChI is InChI=1S/C19H18N2O4/c1-2-12-5-4-8-15-17(11-20-19(12)15)16(10-18(22)23)13-6-3-7-14(9-13)21(24)25/h3-9,11,16,20H,2,10H2,1H3,(H,22,23)/t16-/m1/s1. The van der Waals surface area contributed by atoms with E-state index < -0.39 is 16.8 Å². The van der Waals surface area contributed by atoms with E-state index in [1.807, 2.05) is 24.4 Å². The number of aliphatic carboxylic acids is 1. The molecule has 0 spiro atoms. The number of aromatic amines is 1. The highest BCUT2D eigenvalue weighted by Gasteiger charge is 2.23. The Balaban J connectivity index is 2.16. The molecule has 0 saturated heterocycles. The average Bonchev–Trinajstić information content (AvgIpc) is 3.03. The van der Waals surface area contributed by atoms with Crippen molar-refractivity contribution in [3.8, 4) is 0 Å². The second kappa shape index (κ2) is 6.76. The summed E-state index contributed by atoms with van der Waals surface area (Å²) in [5.41, 5.74) is 3.56. The lowest BCUT2D eigenvalue weighted by Gasteiger charge is -2.15. The van der Waals surface area contributed by atoms with E-state index in [0.717, 1.165) is 28.5 Å². The largest absolute Gasteiger partial charge is 0.481 e. The Kier molecular flexibility index (Phi) is 4.52. The third kappa shape index (κ3) is 3.24. The molecule has 0 radical (unpaired) electrons. The van der Waals surface area contributed by atoms with E-state index in [9.17, 15) is 20.0 Å². The monoisotopic (exact) mass is 338 g/mol. The van der Waals surface area contributed by atoms with E-state index in [1.54, 1.807) is 12.1 Å². The van der Waals surface area contributed by atoms with E-state index in [4.69, 9.17) is 0 Å². The van der Waals surface area contributed by atoms with Crippen LogP contribution in [0.1, 0.15) is 36.0 Å². The normalized spacial score (nSPS) is 12.2. The average molecular weight is 338 g/mol. The Morgan fingerprint density at radius 1 is 1.28 bits per heavy atom. The second-order valence-corrected chi connectivity index (χ2v) is 5.94. The number of nitro benzene ring substituents is 1. The van der Waals surface area contributed by atoms with Crippen molar-refractivity contribution in [2.75, 3.05) is 0 Å². The number of para-hydroxylation sites is 1. The highest BCUT2D eigenvalue weighted by atomic mass is 16.6. The second-order valence-electron chi connectivity index (χ2n) is 5.94. The van der Waals surface area contributed by atoms with Crippen LogP contribution in [0.5, 0.6) is 0 Å². The first-order valence-corrected chi connectivity index (χ1v) is 8.06.